The summed E-state index contributed by atoms with van der Waals surface area (Å²) in [5.41, 5.74) is 2.20. The Hall–Kier alpha value is -0.560. The molecule has 2 unspecified atom stereocenters. The summed E-state index contributed by atoms with van der Waals surface area (Å²) in [7, 11) is 0. The third kappa shape index (κ3) is 2.98. The van der Waals surface area contributed by atoms with Gasteiger partial charge in [-0.2, -0.15) is 0 Å². The summed E-state index contributed by atoms with van der Waals surface area (Å²) < 4.78 is 13.0. The van der Waals surface area contributed by atoms with Crippen LogP contribution in [0.25, 0.3) is 0 Å². The minimum absolute atomic E-state index is 0.132. The van der Waals surface area contributed by atoms with Gasteiger partial charge in [0.2, 0.25) is 0 Å². The normalized spacial score (nSPS) is 15.2. The van der Waals surface area contributed by atoms with Crippen molar-refractivity contribution < 1.29 is 4.39 Å². The monoisotopic (exact) mass is 214 g/mol. The lowest BCUT2D eigenvalue weighted by molar-refractivity contribution is 0.612. The molecule has 14 heavy (non-hydrogen) atoms. The molecule has 0 aliphatic heterocycles. The van der Waals surface area contributed by atoms with E-state index in [4.69, 9.17) is 11.6 Å². The van der Waals surface area contributed by atoms with Crippen LogP contribution in [0, 0.1) is 12.7 Å². The zero-order chi connectivity index (χ0) is 10.7. The molecule has 0 fully saturated rings. The Morgan fingerprint density at radius 3 is 2.57 bits per heavy atom. The number of benzene rings is 1. The smallest absolute Gasteiger partial charge is 0.123 e. The maximum atomic E-state index is 13.0. The van der Waals surface area contributed by atoms with Gasteiger partial charge in [-0.1, -0.05) is 13.0 Å². The van der Waals surface area contributed by atoms with Crippen LogP contribution < -0.4 is 0 Å². The van der Waals surface area contributed by atoms with Gasteiger partial charge in [0, 0.05) is 5.38 Å². The van der Waals surface area contributed by atoms with Crippen LogP contribution in [0.1, 0.15) is 37.3 Å². The first-order chi connectivity index (χ1) is 6.50. The van der Waals surface area contributed by atoms with Gasteiger partial charge in [0.05, 0.1) is 0 Å². The Kier molecular flexibility index (Phi) is 3.94. The standard InChI is InChI=1S/C12H16ClF/c1-8-4-5-11(14)7-12(8)9(2)6-10(3)13/h4-5,7,9-10H,6H2,1-3H3. The van der Waals surface area contributed by atoms with Crippen molar-refractivity contribution >= 4 is 11.6 Å². The lowest BCUT2D eigenvalue weighted by Crippen LogP contribution is -2.03. The third-order valence-electron chi connectivity index (χ3n) is 2.45. The van der Waals surface area contributed by atoms with Crippen LogP contribution in [0.3, 0.4) is 0 Å². The molecule has 0 aliphatic rings. The highest BCUT2D eigenvalue weighted by molar-refractivity contribution is 6.20. The molecule has 2 atom stereocenters. The van der Waals surface area contributed by atoms with Crippen molar-refractivity contribution in [2.24, 2.45) is 0 Å². The maximum absolute atomic E-state index is 13.0. The van der Waals surface area contributed by atoms with Crippen molar-refractivity contribution in [3.63, 3.8) is 0 Å². The number of hydrogen-bond acceptors (Lipinski definition) is 0. The van der Waals surface area contributed by atoms with E-state index in [-0.39, 0.29) is 11.2 Å². The van der Waals surface area contributed by atoms with Crippen molar-refractivity contribution in [3.8, 4) is 0 Å². The van der Waals surface area contributed by atoms with Crippen LogP contribution in [0.2, 0.25) is 0 Å². The van der Waals surface area contributed by atoms with E-state index in [0.29, 0.717) is 5.92 Å². The Morgan fingerprint density at radius 1 is 1.36 bits per heavy atom. The molecule has 0 nitrogen and oxygen atoms in total. The molecule has 0 heterocycles. The van der Waals surface area contributed by atoms with Crippen LogP contribution in [0.4, 0.5) is 4.39 Å². The Bertz CT molecular complexity index is 307. The van der Waals surface area contributed by atoms with Gasteiger partial charge in [-0.05, 0) is 49.4 Å². The highest BCUT2D eigenvalue weighted by Gasteiger charge is 2.11. The van der Waals surface area contributed by atoms with Crippen LogP contribution in [0.15, 0.2) is 18.2 Å². The summed E-state index contributed by atoms with van der Waals surface area (Å²) in [6.45, 7) is 6.05. The molecule has 1 aromatic rings. The van der Waals surface area contributed by atoms with Crippen LogP contribution in [-0.2, 0) is 0 Å². The zero-order valence-corrected chi connectivity index (χ0v) is 9.61. The SMILES string of the molecule is Cc1ccc(F)cc1C(C)CC(C)Cl. The molecule has 0 saturated heterocycles. The fourth-order valence-corrected chi connectivity index (χ4v) is 2.02. The number of aryl methyl sites for hydroxylation is 1. The molecule has 0 radical (unpaired) electrons. The first-order valence-electron chi connectivity index (χ1n) is 4.91. The second-order valence-electron chi connectivity index (χ2n) is 3.92. The van der Waals surface area contributed by atoms with Gasteiger partial charge in [-0.25, -0.2) is 4.39 Å². The van der Waals surface area contributed by atoms with Crippen molar-refractivity contribution in [3.05, 3.63) is 35.1 Å². The van der Waals surface area contributed by atoms with E-state index in [2.05, 4.69) is 6.92 Å². The minimum atomic E-state index is -0.167. The van der Waals surface area contributed by atoms with Gasteiger partial charge >= 0.3 is 0 Å². The second kappa shape index (κ2) is 4.79. The summed E-state index contributed by atoms with van der Waals surface area (Å²) in [4.78, 5) is 0. The van der Waals surface area contributed by atoms with E-state index in [9.17, 15) is 4.39 Å². The van der Waals surface area contributed by atoms with E-state index >= 15 is 0 Å². The Balaban J connectivity index is 2.88. The number of hydrogen-bond donors (Lipinski definition) is 0. The van der Waals surface area contributed by atoms with E-state index in [0.717, 1.165) is 17.5 Å². The van der Waals surface area contributed by atoms with Crippen molar-refractivity contribution in [1.29, 1.82) is 0 Å². The molecule has 0 N–H and O–H groups in total. The highest BCUT2D eigenvalue weighted by Crippen LogP contribution is 2.26. The average Bonchev–Trinajstić information content (AvgIpc) is 2.08. The molecule has 0 aliphatic carbocycles. The molecule has 1 rings (SSSR count). The summed E-state index contributed by atoms with van der Waals surface area (Å²) in [6.07, 6.45) is 0.881. The lowest BCUT2D eigenvalue weighted by Gasteiger charge is -2.15. The van der Waals surface area contributed by atoms with Crippen LogP contribution in [0.5, 0.6) is 0 Å². The summed E-state index contributed by atoms with van der Waals surface area (Å²) >= 11 is 5.92. The van der Waals surface area contributed by atoms with Crippen LogP contribution in [-0.4, -0.2) is 5.38 Å². The van der Waals surface area contributed by atoms with E-state index in [1.165, 1.54) is 6.07 Å². The average molecular weight is 215 g/mol. The summed E-state index contributed by atoms with van der Waals surface area (Å²) in [5.74, 6) is 0.151. The predicted molar refractivity (Wildman–Crippen MR) is 59.5 cm³/mol. The maximum Gasteiger partial charge on any atom is 0.123 e. The number of alkyl halides is 1. The Labute approximate surface area is 90.1 Å². The zero-order valence-electron chi connectivity index (χ0n) is 8.85. The summed E-state index contributed by atoms with van der Waals surface area (Å²) in [5, 5.41) is 0.132. The Morgan fingerprint density at radius 2 is 2.00 bits per heavy atom. The molecule has 0 bridgehead atoms. The minimum Gasteiger partial charge on any atom is -0.207 e. The molecule has 2 heteroatoms. The first-order valence-corrected chi connectivity index (χ1v) is 5.34. The molecular formula is C12H16ClF. The summed E-state index contributed by atoms with van der Waals surface area (Å²) in [6, 6.07) is 4.93. The molecule has 0 spiro atoms. The van der Waals surface area contributed by atoms with Crippen LogP contribution >= 0.6 is 11.6 Å². The van der Waals surface area contributed by atoms with E-state index in [1.807, 2.05) is 19.9 Å². The van der Waals surface area contributed by atoms with E-state index < -0.39 is 0 Å². The molecule has 1 aromatic carbocycles. The second-order valence-corrected chi connectivity index (χ2v) is 4.66. The molecular weight excluding hydrogens is 199 g/mol. The lowest BCUT2D eigenvalue weighted by atomic mass is 9.92. The van der Waals surface area contributed by atoms with Gasteiger partial charge in [0.1, 0.15) is 5.82 Å². The quantitative estimate of drug-likeness (QED) is 0.660. The largest absolute Gasteiger partial charge is 0.207 e. The van der Waals surface area contributed by atoms with Crippen molar-refractivity contribution in [2.45, 2.75) is 38.5 Å². The topological polar surface area (TPSA) is 0 Å². The van der Waals surface area contributed by atoms with Gasteiger partial charge < -0.3 is 0 Å². The van der Waals surface area contributed by atoms with Gasteiger partial charge in [-0.15, -0.1) is 11.6 Å². The van der Waals surface area contributed by atoms with Gasteiger partial charge in [-0.3, -0.25) is 0 Å². The number of rotatable bonds is 3. The molecule has 0 amide bonds. The van der Waals surface area contributed by atoms with Crippen molar-refractivity contribution in [2.75, 3.05) is 0 Å². The number of halogens is 2. The molecule has 78 valence electrons. The van der Waals surface area contributed by atoms with E-state index in [1.54, 1.807) is 6.07 Å². The molecule has 0 saturated carbocycles. The first kappa shape index (κ1) is 11.5. The van der Waals surface area contributed by atoms with Gasteiger partial charge in [0.15, 0.2) is 0 Å². The van der Waals surface area contributed by atoms with Gasteiger partial charge in [0.25, 0.3) is 0 Å². The highest BCUT2D eigenvalue weighted by atomic mass is 35.5. The molecule has 0 aromatic heterocycles. The third-order valence-corrected chi connectivity index (χ3v) is 2.63. The fraction of sp³-hybridized carbons (Fsp3) is 0.500. The van der Waals surface area contributed by atoms with Crippen molar-refractivity contribution in [1.82, 2.24) is 0 Å². The fourth-order valence-electron chi connectivity index (χ4n) is 1.76. The predicted octanol–water partition coefficient (Wildman–Crippen LogP) is 4.26.